The first-order valence-corrected chi connectivity index (χ1v) is 9.76. The molecule has 1 N–H and O–H groups in total. The molecule has 31 heavy (non-hydrogen) atoms. The second kappa shape index (κ2) is 9.17. The van der Waals surface area contributed by atoms with Gasteiger partial charge >= 0.3 is 0 Å². The zero-order chi connectivity index (χ0) is 21.6. The van der Waals surface area contributed by atoms with E-state index in [-0.39, 0.29) is 5.82 Å². The van der Waals surface area contributed by atoms with Crippen LogP contribution in [-0.4, -0.2) is 23.3 Å². The molecule has 0 saturated carbocycles. The summed E-state index contributed by atoms with van der Waals surface area (Å²) in [6.07, 6.45) is 1.59. The fourth-order valence-corrected chi connectivity index (χ4v) is 2.99. The number of halogens is 1. The van der Waals surface area contributed by atoms with Crippen molar-refractivity contribution in [2.75, 3.05) is 12.5 Å². The van der Waals surface area contributed by atoms with E-state index in [1.54, 1.807) is 25.5 Å². The van der Waals surface area contributed by atoms with Gasteiger partial charge in [0.15, 0.2) is 0 Å². The van der Waals surface area contributed by atoms with Gasteiger partial charge in [-0.15, -0.1) is 0 Å². The number of aromatic nitrogens is 2. The molecule has 0 atom stereocenters. The Morgan fingerprint density at radius 1 is 0.839 bits per heavy atom. The Kier molecular flexibility index (Phi) is 5.98. The van der Waals surface area contributed by atoms with E-state index >= 15 is 0 Å². The summed E-state index contributed by atoms with van der Waals surface area (Å²) in [6, 6.07) is 23.8. The molecule has 1 heterocycles. The Labute approximate surface area is 180 Å². The van der Waals surface area contributed by atoms with E-state index in [1.807, 2.05) is 61.5 Å². The van der Waals surface area contributed by atoms with E-state index in [0.29, 0.717) is 5.95 Å². The third-order valence-electron chi connectivity index (χ3n) is 4.71. The van der Waals surface area contributed by atoms with Gasteiger partial charge in [-0.2, -0.15) is 5.10 Å². The zero-order valence-electron chi connectivity index (χ0n) is 17.2. The Balaban J connectivity index is 1.68. The van der Waals surface area contributed by atoms with E-state index < -0.39 is 0 Å². The number of methoxy groups -OCH3 is 1. The van der Waals surface area contributed by atoms with Crippen LogP contribution in [-0.2, 0) is 0 Å². The van der Waals surface area contributed by atoms with E-state index in [1.165, 1.54) is 17.7 Å². The summed E-state index contributed by atoms with van der Waals surface area (Å²) in [7, 11) is 1.64. The molecule has 0 unspecified atom stereocenters. The number of anilines is 1. The van der Waals surface area contributed by atoms with E-state index in [4.69, 9.17) is 4.74 Å². The molecule has 0 radical (unpaired) electrons. The van der Waals surface area contributed by atoms with Crippen molar-refractivity contribution in [3.63, 3.8) is 0 Å². The van der Waals surface area contributed by atoms with Crippen molar-refractivity contribution in [1.29, 1.82) is 0 Å². The molecule has 0 saturated heterocycles. The third kappa shape index (κ3) is 5.11. The molecule has 0 spiro atoms. The van der Waals surface area contributed by atoms with Gasteiger partial charge in [-0.3, -0.25) is 0 Å². The summed E-state index contributed by atoms with van der Waals surface area (Å²) in [5.74, 6) is 0.851. The lowest BCUT2D eigenvalue weighted by atomic mass is 10.1. The highest BCUT2D eigenvalue weighted by atomic mass is 19.1. The molecule has 1 aromatic heterocycles. The van der Waals surface area contributed by atoms with Crippen LogP contribution in [0.5, 0.6) is 5.75 Å². The molecule has 4 aromatic rings. The van der Waals surface area contributed by atoms with Crippen molar-refractivity contribution in [2.45, 2.75) is 6.92 Å². The van der Waals surface area contributed by atoms with Gasteiger partial charge in [0, 0.05) is 11.1 Å². The lowest BCUT2D eigenvalue weighted by molar-refractivity contribution is 0.415. The van der Waals surface area contributed by atoms with Crippen LogP contribution < -0.4 is 10.2 Å². The topological polar surface area (TPSA) is 59.4 Å². The monoisotopic (exact) mass is 412 g/mol. The number of aryl methyl sites for hydroxylation is 1. The van der Waals surface area contributed by atoms with Gasteiger partial charge in [-0.25, -0.2) is 19.8 Å². The number of nitrogens with one attached hydrogen (secondary N) is 1. The lowest BCUT2D eigenvalue weighted by Gasteiger charge is -2.09. The van der Waals surface area contributed by atoms with Gasteiger partial charge in [0.2, 0.25) is 5.95 Å². The predicted molar refractivity (Wildman–Crippen MR) is 122 cm³/mol. The van der Waals surface area contributed by atoms with Crippen LogP contribution in [0.2, 0.25) is 0 Å². The van der Waals surface area contributed by atoms with Gasteiger partial charge in [0.05, 0.1) is 24.7 Å². The van der Waals surface area contributed by atoms with Crippen molar-refractivity contribution in [2.24, 2.45) is 5.10 Å². The van der Waals surface area contributed by atoms with Crippen molar-refractivity contribution in [3.05, 3.63) is 95.8 Å². The normalized spacial score (nSPS) is 10.9. The first-order valence-electron chi connectivity index (χ1n) is 9.76. The van der Waals surface area contributed by atoms with Crippen LogP contribution in [0.1, 0.15) is 11.1 Å². The average Bonchev–Trinajstić information content (AvgIpc) is 2.81. The SMILES string of the molecule is COc1ccc(-c2cc(-c3ccc(C)cc3)nc(N/N=C\c3ccc(F)cc3)n2)cc1. The van der Waals surface area contributed by atoms with Gasteiger partial charge in [-0.1, -0.05) is 42.0 Å². The number of rotatable bonds is 6. The maximum atomic E-state index is 13.1. The summed E-state index contributed by atoms with van der Waals surface area (Å²) in [5.41, 5.74) is 8.28. The van der Waals surface area contributed by atoms with Crippen LogP contribution >= 0.6 is 0 Å². The molecular formula is C25H21FN4O. The predicted octanol–water partition coefficient (Wildman–Crippen LogP) is 5.71. The third-order valence-corrected chi connectivity index (χ3v) is 4.71. The van der Waals surface area contributed by atoms with Crippen molar-refractivity contribution in [3.8, 4) is 28.3 Å². The quantitative estimate of drug-likeness (QED) is 0.325. The Bertz CT molecular complexity index is 1190. The minimum absolute atomic E-state index is 0.289. The fraction of sp³-hybridized carbons (Fsp3) is 0.0800. The van der Waals surface area contributed by atoms with E-state index in [2.05, 4.69) is 20.5 Å². The summed E-state index contributed by atoms with van der Waals surface area (Å²) in [5, 5.41) is 4.21. The van der Waals surface area contributed by atoms with Crippen molar-refractivity contribution in [1.82, 2.24) is 9.97 Å². The van der Waals surface area contributed by atoms with Gasteiger partial charge in [-0.05, 0) is 55.0 Å². The fourth-order valence-electron chi connectivity index (χ4n) is 2.99. The maximum Gasteiger partial charge on any atom is 0.244 e. The minimum Gasteiger partial charge on any atom is -0.497 e. The molecular weight excluding hydrogens is 391 g/mol. The molecule has 4 rings (SSSR count). The number of hydrazone groups is 1. The molecule has 154 valence electrons. The smallest absolute Gasteiger partial charge is 0.244 e. The highest BCUT2D eigenvalue weighted by Crippen LogP contribution is 2.27. The number of hydrogen-bond acceptors (Lipinski definition) is 5. The highest BCUT2D eigenvalue weighted by Gasteiger charge is 2.09. The van der Waals surface area contributed by atoms with Crippen molar-refractivity contribution >= 4 is 12.2 Å². The van der Waals surface area contributed by atoms with Crippen LogP contribution in [0, 0.1) is 12.7 Å². The van der Waals surface area contributed by atoms with E-state index in [0.717, 1.165) is 33.8 Å². The van der Waals surface area contributed by atoms with Crippen LogP contribution in [0.3, 0.4) is 0 Å². The number of nitrogens with zero attached hydrogens (tertiary/aromatic N) is 3. The molecule has 3 aromatic carbocycles. The average molecular weight is 412 g/mol. The lowest BCUT2D eigenvalue weighted by Crippen LogP contribution is -2.00. The molecule has 0 aliphatic carbocycles. The maximum absolute atomic E-state index is 13.1. The molecule has 6 heteroatoms. The number of hydrogen-bond donors (Lipinski definition) is 1. The van der Waals surface area contributed by atoms with Gasteiger partial charge < -0.3 is 4.74 Å². The van der Waals surface area contributed by atoms with Crippen LogP contribution in [0.25, 0.3) is 22.5 Å². The zero-order valence-corrected chi connectivity index (χ0v) is 17.2. The molecule has 0 aliphatic heterocycles. The molecule has 0 amide bonds. The molecule has 0 fully saturated rings. The first-order chi connectivity index (χ1) is 15.1. The second-order valence-corrected chi connectivity index (χ2v) is 6.98. The highest BCUT2D eigenvalue weighted by molar-refractivity contribution is 5.80. The second-order valence-electron chi connectivity index (χ2n) is 6.98. The first kappa shape index (κ1) is 20.2. The standard InChI is InChI=1S/C25H21FN4O/c1-17-3-7-19(8-4-17)23-15-24(20-9-13-22(31-2)14-10-20)29-25(28-23)30-27-16-18-5-11-21(26)12-6-18/h3-16H,1-2H3,(H,28,29,30)/b27-16-. The summed E-state index contributed by atoms with van der Waals surface area (Å²) in [6.45, 7) is 2.05. The van der Waals surface area contributed by atoms with Gasteiger partial charge in [0.1, 0.15) is 11.6 Å². The number of ether oxygens (including phenoxy) is 1. The number of benzene rings is 3. The minimum atomic E-state index is -0.289. The largest absolute Gasteiger partial charge is 0.497 e. The van der Waals surface area contributed by atoms with E-state index in [9.17, 15) is 4.39 Å². The molecule has 0 bridgehead atoms. The summed E-state index contributed by atoms with van der Waals surface area (Å²) < 4.78 is 18.3. The molecule has 5 nitrogen and oxygen atoms in total. The van der Waals surface area contributed by atoms with Crippen molar-refractivity contribution < 1.29 is 9.13 Å². The Hall–Kier alpha value is -4.06. The van der Waals surface area contributed by atoms with Crippen LogP contribution in [0.15, 0.2) is 84.0 Å². The molecule has 0 aliphatic rings. The van der Waals surface area contributed by atoms with Gasteiger partial charge in [0.25, 0.3) is 0 Å². The Morgan fingerprint density at radius 2 is 1.42 bits per heavy atom. The summed E-state index contributed by atoms with van der Waals surface area (Å²) >= 11 is 0. The Morgan fingerprint density at radius 3 is 2.00 bits per heavy atom. The van der Waals surface area contributed by atoms with Crippen LogP contribution in [0.4, 0.5) is 10.3 Å². The summed E-state index contributed by atoms with van der Waals surface area (Å²) in [4.78, 5) is 9.23.